The van der Waals surface area contributed by atoms with E-state index in [1.807, 2.05) is 0 Å². The molecule has 2 aromatic rings. The van der Waals surface area contributed by atoms with Crippen molar-refractivity contribution in [2.75, 3.05) is 13.2 Å². The van der Waals surface area contributed by atoms with Crippen molar-refractivity contribution in [2.45, 2.75) is 33.6 Å². The zero-order chi connectivity index (χ0) is 13.7. The molecule has 3 nitrogen and oxygen atoms in total. The Kier molecular flexibility index (Phi) is 5.38. The molecule has 0 bridgehead atoms. The van der Waals surface area contributed by atoms with E-state index in [2.05, 4.69) is 55.6 Å². The van der Waals surface area contributed by atoms with Gasteiger partial charge in [0.2, 0.25) is 0 Å². The first-order valence-corrected chi connectivity index (χ1v) is 8.03. The van der Waals surface area contributed by atoms with E-state index in [9.17, 15) is 0 Å². The van der Waals surface area contributed by atoms with Crippen molar-refractivity contribution in [2.24, 2.45) is 0 Å². The van der Waals surface area contributed by atoms with Crippen LogP contribution in [0.3, 0.4) is 0 Å². The molecule has 0 aliphatic heterocycles. The van der Waals surface area contributed by atoms with Gasteiger partial charge in [0.25, 0.3) is 8.53 Å². The second-order valence-electron chi connectivity index (χ2n) is 4.58. The standard InChI is InChI=1S/C15H22NO2P/c1-4-10-17-19(18-11-5-2)16-12-13(3)14-8-6-7-9-15(14)16/h6-9,12H,4-5,10-11H2,1-3H3. The molecule has 0 radical (unpaired) electrons. The van der Waals surface area contributed by atoms with Gasteiger partial charge >= 0.3 is 0 Å². The van der Waals surface area contributed by atoms with Crippen molar-refractivity contribution in [3.63, 3.8) is 0 Å². The summed E-state index contributed by atoms with van der Waals surface area (Å²) >= 11 is 0. The molecule has 0 unspecified atom stereocenters. The Balaban J connectivity index is 2.31. The molecule has 0 amide bonds. The van der Waals surface area contributed by atoms with E-state index in [-0.39, 0.29) is 0 Å². The van der Waals surface area contributed by atoms with Crippen LogP contribution < -0.4 is 0 Å². The number of hydrogen-bond acceptors (Lipinski definition) is 2. The fourth-order valence-corrected chi connectivity index (χ4v) is 3.58. The van der Waals surface area contributed by atoms with Gasteiger partial charge < -0.3 is 9.05 Å². The summed E-state index contributed by atoms with van der Waals surface area (Å²) in [5.74, 6) is 0. The Hall–Kier alpha value is -0.890. The lowest BCUT2D eigenvalue weighted by atomic mass is 10.2. The summed E-state index contributed by atoms with van der Waals surface area (Å²) in [6.07, 6.45) is 4.15. The molecule has 4 heteroatoms. The van der Waals surface area contributed by atoms with E-state index in [1.54, 1.807) is 0 Å². The van der Waals surface area contributed by atoms with E-state index in [4.69, 9.17) is 9.05 Å². The highest BCUT2D eigenvalue weighted by Gasteiger charge is 2.17. The van der Waals surface area contributed by atoms with Gasteiger partial charge in [0.05, 0.1) is 18.7 Å². The first-order valence-electron chi connectivity index (χ1n) is 6.90. The van der Waals surface area contributed by atoms with Crippen LogP contribution in [0.15, 0.2) is 30.5 Å². The predicted octanol–water partition coefficient (Wildman–Crippen LogP) is 4.88. The predicted molar refractivity (Wildman–Crippen MR) is 81.5 cm³/mol. The largest absolute Gasteiger partial charge is 0.317 e. The van der Waals surface area contributed by atoms with Gasteiger partial charge in [0.1, 0.15) is 0 Å². The van der Waals surface area contributed by atoms with Crippen LogP contribution >= 0.6 is 8.53 Å². The second-order valence-corrected chi connectivity index (χ2v) is 6.00. The minimum absolute atomic E-state index is 0.737. The fraction of sp³-hybridized carbons (Fsp3) is 0.467. The summed E-state index contributed by atoms with van der Waals surface area (Å²) in [5, 5.41) is 1.27. The van der Waals surface area contributed by atoms with E-state index in [0.29, 0.717) is 0 Å². The topological polar surface area (TPSA) is 23.4 Å². The Bertz CT molecular complexity index is 516. The summed E-state index contributed by atoms with van der Waals surface area (Å²) in [7, 11) is -1.03. The molecule has 0 saturated heterocycles. The summed E-state index contributed by atoms with van der Waals surface area (Å²) in [4.78, 5) is 0. The van der Waals surface area contributed by atoms with Gasteiger partial charge in [0.15, 0.2) is 0 Å². The summed E-state index contributed by atoms with van der Waals surface area (Å²) in [6, 6.07) is 8.41. The molecule has 1 aromatic heterocycles. The quantitative estimate of drug-likeness (QED) is 0.674. The molecule has 19 heavy (non-hydrogen) atoms. The highest BCUT2D eigenvalue weighted by molar-refractivity contribution is 7.45. The lowest BCUT2D eigenvalue weighted by Gasteiger charge is -2.18. The van der Waals surface area contributed by atoms with E-state index in [1.165, 1.54) is 16.5 Å². The third kappa shape index (κ3) is 3.36. The Labute approximate surface area is 116 Å². The molecule has 0 aliphatic carbocycles. The Morgan fingerprint density at radius 1 is 1.05 bits per heavy atom. The molecule has 1 heterocycles. The summed E-state index contributed by atoms with van der Waals surface area (Å²) < 4.78 is 14.0. The number of hydrogen-bond donors (Lipinski definition) is 0. The number of benzene rings is 1. The highest BCUT2D eigenvalue weighted by atomic mass is 31.2. The van der Waals surface area contributed by atoms with Crippen LogP contribution in [0.5, 0.6) is 0 Å². The monoisotopic (exact) mass is 279 g/mol. The number of nitrogens with zero attached hydrogens (tertiary/aromatic N) is 1. The number of rotatable bonds is 7. The number of aromatic nitrogens is 1. The van der Waals surface area contributed by atoms with Gasteiger partial charge in [0, 0.05) is 11.6 Å². The van der Waals surface area contributed by atoms with Gasteiger partial charge in [-0.25, -0.2) is 0 Å². The first-order chi connectivity index (χ1) is 9.27. The number of fused-ring (bicyclic) bond motifs is 1. The maximum atomic E-state index is 5.91. The smallest absolute Gasteiger partial charge is 0.294 e. The number of aryl methyl sites for hydroxylation is 1. The molecule has 0 spiro atoms. The van der Waals surface area contributed by atoms with Crippen molar-refractivity contribution < 1.29 is 9.05 Å². The van der Waals surface area contributed by atoms with E-state index >= 15 is 0 Å². The van der Waals surface area contributed by atoms with Gasteiger partial charge in [-0.2, -0.15) is 0 Å². The van der Waals surface area contributed by atoms with Gasteiger partial charge in [-0.15, -0.1) is 0 Å². The van der Waals surface area contributed by atoms with E-state index in [0.717, 1.165) is 26.1 Å². The molecule has 0 aliphatic rings. The van der Waals surface area contributed by atoms with Crippen molar-refractivity contribution >= 4 is 19.4 Å². The number of para-hydroxylation sites is 1. The van der Waals surface area contributed by atoms with Crippen LogP contribution in [0, 0.1) is 6.92 Å². The van der Waals surface area contributed by atoms with Crippen molar-refractivity contribution in [3.05, 3.63) is 36.0 Å². The van der Waals surface area contributed by atoms with Gasteiger partial charge in [-0.3, -0.25) is 4.34 Å². The maximum absolute atomic E-state index is 5.91. The molecule has 2 rings (SSSR count). The van der Waals surface area contributed by atoms with Gasteiger partial charge in [-0.05, 0) is 31.4 Å². The third-order valence-corrected chi connectivity index (χ3v) is 4.37. The zero-order valence-electron chi connectivity index (χ0n) is 11.9. The van der Waals surface area contributed by atoms with Crippen LogP contribution in [0.4, 0.5) is 0 Å². The highest BCUT2D eigenvalue weighted by Crippen LogP contribution is 2.44. The van der Waals surface area contributed by atoms with Crippen LogP contribution in [-0.2, 0) is 9.05 Å². The molecule has 0 N–H and O–H groups in total. The van der Waals surface area contributed by atoms with E-state index < -0.39 is 8.53 Å². The summed E-state index contributed by atoms with van der Waals surface area (Å²) in [5.41, 5.74) is 2.46. The minimum Gasteiger partial charge on any atom is -0.317 e. The fourth-order valence-electron chi connectivity index (χ4n) is 1.96. The molecule has 0 atom stereocenters. The third-order valence-electron chi connectivity index (χ3n) is 2.88. The SMILES string of the molecule is CCCOP(OCCC)n1cc(C)c2ccccc21. The molecule has 0 fully saturated rings. The molecule has 104 valence electrons. The van der Waals surface area contributed by atoms with Crippen molar-refractivity contribution in [1.29, 1.82) is 0 Å². The molecule has 0 saturated carbocycles. The van der Waals surface area contributed by atoms with Crippen molar-refractivity contribution in [3.8, 4) is 0 Å². The first kappa shape index (κ1) is 14.5. The average Bonchev–Trinajstić information content (AvgIpc) is 2.77. The van der Waals surface area contributed by atoms with Crippen LogP contribution in [0.1, 0.15) is 32.3 Å². The Morgan fingerprint density at radius 2 is 1.68 bits per heavy atom. The maximum Gasteiger partial charge on any atom is 0.294 e. The zero-order valence-corrected chi connectivity index (χ0v) is 12.8. The molecular weight excluding hydrogens is 257 g/mol. The molecular formula is C15H22NO2P. The average molecular weight is 279 g/mol. The normalized spacial score (nSPS) is 11.6. The van der Waals surface area contributed by atoms with Crippen LogP contribution in [-0.4, -0.2) is 17.6 Å². The van der Waals surface area contributed by atoms with Gasteiger partial charge in [-0.1, -0.05) is 32.0 Å². The second kappa shape index (κ2) is 7.04. The minimum atomic E-state index is -1.03. The lowest BCUT2D eigenvalue weighted by molar-refractivity contribution is 0.244. The Morgan fingerprint density at radius 3 is 2.32 bits per heavy atom. The molecule has 1 aromatic carbocycles. The lowest BCUT2D eigenvalue weighted by Crippen LogP contribution is -2.01. The van der Waals surface area contributed by atoms with Crippen LogP contribution in [0.25, 0.3) is 10.9 Å². The van der Waals surface area contributed by atoms with Crippen LogP contribution in [0.2, 0.25) is 0 Å². The summed E-state index contributed by atoms with van der Waals surface area (Å²) in [6.45, 7) is 7.84. The van der Waals surface area contributed by atoms with Crippen molar-refractivity contribution in [1.82, 2.24) is 4.34 Å².